The van der Waals surface area contributed by atoms with Gasteiger partial charge in [0.15, 0.2) is 5.34 Å². The van der Waals surface area contributed by atoms with E-state index in [0.717, 1.165) is 34.6 Å². The van der Waals surface area contributed by atoms with Crippen molar-refractivity contribution in [3.05, 3.63) is 115 Å². The van der Waals surface area contributed by atoms with Crippen molar-refractivity contribution in [2.75, 3.05) is 21.7 Å². The van der Waals surface area contributed by atoms with Crippen molar-refractivity contribution < 1.29 is 43.5 Å². The van der Waals surface area contributed by atoms with Crippen LogP contribution in [0.25, 0.3) is 0 Å². The summed E-state index contributed by atoms with van der Waals surface area (Å²) in [6.45, 7) is 25.9. The predicted octanol–water partition coefficient (Wildman–Crippen LogP) is 20.6. The molecule has 2 saturated carbocycles. The van der Waals surface area contributed by atoms with Gasteiger partial charge in [0.25, 0.3) is 0 Å². The molecular formula is C43H83BBr3CuI6N3O4V2-2. The van der Waals surface area contributed by atoms with Crippen LogP contribution in [0.5, 0.6) is 0 Å². The number of nitrogens with zero attached hydrogens (tertiary/aromatic N) is 1. The third-order valence-electron chi connectivity index (χ3n) is 4.55. The fraction of sp³-hybridized carbons (Fsp3) is 0.535. The minimum absolute atomic E-state index is 0. The Kier molecular flexibility index (Phi) is 142. The number of alkyl halides is 2. The second-order valence-electron chi connectivity index (χ2n) is 11.1. The molecule has 2 fully saturated rings. The Hall–Kier alpha value is 4.15. The number of anilines is 2. The molecule has 20 heteroatoms. The van der Waals surface area contributed by atoms with Crippen LogP contribution in [0.2, 0.25) is 5.82 Å². The van der Waals surface area contributed by atoms with E-state index in [1.165, 1.54) is 23.7 Å². The molecule has 7 nitrogen and oxygen atoms in total. The number of rotatable bonds is 2. The summed E-state index contributed by atoms with van der Waals surface area (Å²) in [6.07, 6.45) is 6.22. The molecule has 6 N–H and O–H groups in total. The van der Waals surface area contributed by atoms with Crippen molar-refractivity contribution in [3.8, 4) is 0 Å². The number of para-hydroxylation sites is 2. The molecule has 0 heterocycles. The van der Waals surface area contributed by atoms with Gasteiger partial charge in [-0.15, -0.1) is 4.91 Å². The number of nitrogen functional groups attached to an aromatic ring is 2. The van der Waals surface area contributed by atoms with E-state index >= 15 is 0 Å². The number of nitrogens with two attached hydrogens (primary N) is 2. The predicted molar refractivity (Wildman–Crippen MR) is 345 cm³/mol. The fourth-order valence-electron chi connectivity index (χ4n) is 1.99. The van der Waals surface area contributed by atoms with Gasteiger partial charge < -0.3 is 41.2 Å². The van der Waals surface area contributed by atoms with Crippen LogP contribution in [-0.2, 0) is 33.4 Å². The van der Waals surface area contributed by atoms with E-state index in [0.29, 0.717) is 9.47 Å². The summed E-state index contributed by atoms with van der Waals surface area (Å²) in [6, 6.07) is 28.9. The zero-order valence-corrected chi connectivity index (χ0v) is 62.0. The number of hydrogen-bond acceptors (Lipinski definition) is 7. The molecule has 0 atom stereocenters. The molecule has 0 saturated heterocycles. The SMILES string of the molecule is Brc1ccccc1.CBr.CC.CC.CC.CC(C)(C)ON=O.CC1CC1.CCC.CCI.Nc1ccccc1.Nc1ccccc1.OB(O)C1CC1.[CH3-].[CH3-].[Cu][Br].[I][V]([I])[I].[I][V][I]. The van der Waals surface area contributed by atoms with E-state index in [1.54, 1.807) is 20.8 Å². The molecule has 2 aliphatic rings. The summed E-state index contributed by atoms with van der Waals surface area (Å²) in [4.78, 5) is 13.4. The topological polar surface area (TPSA) is 131 Å². The van der Waals surface area contributed by atoms with Crippen molar-refractivity contribution >= 4 is 187 Å². The first-order chi connectivity index (χ1) is 28.9. The minimum atomic E-state index is -1.04. The zero-order valence-electron chi connectivity index (χ0n) is 40.5. The molecule has 383 valence electrons. The molecule has 0 amide bonds. The van der Waals surface area contributed by atoms with Gasteiger partial charge in [0.2, 0.25) is 0 Å². The molecule has 0 radical (unpaired) electrons. The number of hydrogen-bond donors (Lipinski definition) is 4. The Morgan fingerprint density at radius 2 is 0.952 bits per heavy atom. The maximum absolute atomic E-state index is 9.35. The van der Waals surface area contributed by atoms with Crippen LogP contribution in [0.15, 0.2) is 101 Å². The third kappa shape index (κ3) is 153. The third-order valence-corrected chi connectivity index (χ3v) is 5.08. The Labute approximate surface area is 503 Å². The molecule has 5 rings (SSSR count). The molecule has 2 aliphatic carbocycles. The van der Waals surface area contributed by atoms with Crippen molar-refractivity contribution in [1.82, 2.24) is 0 Å². The standard InChI is InChI=1S/C6H5Br.2C6H7N.C4H9NO2.C4H8.C3H7BO2.C3H8.C2H5I.3C2H6.CH3Br.2CH3.BrH.Cu.5HI.2V/c3*7-6-4-2-1-3-5-6;1-4(2,3)7-5-6;1-4-2-3-4;5-4(6)3-1-2-3;1-3-2;1-2-3;4*1-2;;;;;;;;;;;/h1-5H;2*1-5H,7H2;1-3H3;4H,2-3H2,1H3;3,5-6H,1-2H2;3H2,1-2H3;2H2,1H3;3*1-2H3;1H3;2*1H3;1H;;5*1H;;/q;;;;;;;;;;;;2*-1;;+1;;;;;;+2;+3/p-6. The number of halogens is 9. The summed E-state index contributed by atoms with van der Waals surface area (Å²) in [5.74, 6) is 3.11. The van der Waals surface area contributed by atoms with Crippen molar-refractivity contribution in [2.24, 2.45) is 11.3 Å². The average molecular weight is 1880 g/mol. The van der Waals surface area contributed by atoms with Crippen LogP contribution in [0.4, 0.5) is 11.4 Å². The first-order valence-corrected chi connectivity index (χ1v) is 48.1. The fourth-order valence-corrected chi connectivity index (χ4v) is 2.30. The summed E-state index contributed by atoms with van der Waals surface area (Å²) >= 11 is 27.2. The van der Waals surface area contributed by atoms with Gasteiger partial charge >= 0.3 is 150 Å². The van der Waals surface area contributed by atoms with Gasteiger partial charge in [-0.25, -0.2) is 0 Å². The number of benzene rings is 3. The molecule has 0 unspecified atom stereocenters. The van der Waals surface area contributed by atoms with E-state index in [-0.39, 0.29) is 25.6 Å². The van der Waals surface area contributed by atoms with Gasteiger partial charge in [0.05, 0.1) is 0 Å². The van der Waals surface area contributed by atoms with Crippen LogP contribution in [0.1, 0.15) is 122 Å². The Bertz CT molecular complexity index is 996. The summed E-state index contributed by atoms with van der Waals surface area (Å²) in [5.41, 5.74) is 11.9. The van der Waals surface area contributed by atoms with E-state index in [2.05, 4.69) is 221 Å². The van der Waals surface area contributed by atoms with Gasteiger partial charge in [-0.2, -0.15) is 0 Å². The first kappa shape index (κ1) is 96.6. The Balaban J connectivity index is -0.0000000453. The van der Waals surface area contributed by atoms with Crippen LogP contribution < -0.4 is 11.5 Å². The van der Waals surface area contributed by atoms with Gasteiger partial charge in [0.1, 0.15) is 5.60 Å². The molecule has 0 spiro atoms. The van der Waals surface area contributed by atoms with Gasteiger partial charge in [-0.05, 0) is 79.2 Å². The van der Waals surface area contributed by atoms with Crippen molar-refractivity contribution in [3.63, 3.8) is 0 Å². The average Bonchev–Trinajstić information content (AvgIpc) is 4.19. The summed E-state index contributed by atoms with van der Waals surface area (Å²) in [5, 5.41) is 18.8. The second-order valence-corrected chi connectivity index (χ2v) is 60.7. The maximum atomic E-state index is 9.35. The quantitative estimate of drug-likeness (QED) is 0.0384. The van der Waals surface area contributed by atoms with E-state index < -0.39 is 12.7 Å². The van der Waals surface area contributed by atoms with Gasteiger partial charge in [-0.3, -0.25) is 0 Å². The summed E-state index contributed by atoms with van der Waals surface area (Å²) in [7, 11) is -0.410. The van der Waals surface area contributed by atoms with Crippen LogP contribution in [0, 0.1) is 25.7 Å². The van der Waals surface area contributed by atoms with Crippen LogP contribution in [-0.4, -0.2) is 33.0 Å². The van der Waals surface area contributed by atoms with E-state index in [1.807, 2.05) is 138 Å². The van der Waals surface area contributed by atoms with Gasteiger partial charge in [-0.1, -0.05) is 210 Å². The molecule has 0 aromatic heterocycles. The van der Waals surface area contributed by atoms with Crippen LogP contribution in [0.3, 0.4) is 0 Å². The normalized spacial score (nSPS) is 9.59. The molecule has 63 heavy (non-hydrogen) atoms. The zero-order chi connectivity index (χ0) is 50.5. The second kappa shape index (κ2) is 92.3. The van der Waals surface area contributed by atoms with E-state index in [4.69, 9.17) is 21.5 Å². The van der Waals surface area contributed by atoms with Crippen molar-refractivity contribution in [2.45, 2.75) is 134 Å². The molecule has 3 aromatic carbocycles. The Morgan fingerprint density at radius 1 is 0.746 bits per heavy atom. The van der Waals surface area contributed by atoms with E-state index in [9.17, 15) is 4.91 Å². The van der Waals surface area contributed by atoms with Crippen LogP contribution >= 0.6 is 168 Å². The first-order valence-electron chi connectivity index (χ1n) is 19.4. The monoisotopic (exact) mass is 1880 g/mol. The molecule has 0 aliphatic heterocycles. The summed E-state index contributed by atoms with van der Waals surface area (Å²) < 4.78 is 2.35. The molecule has 3 aromatic rings. The van der Waals surface area contributed by atoms with Gasteiger partial charge in [0, 0.05) is 15.8 Å². The Morgan fingerprint density at radius 3 is 1.00 bits per heavy atom. The molecular weight excluding hydrogens is 1800 g/mol. The molecule has 0 bridgehead atoms. The van der Waals surface area contributed by atoms with Crippen molar-refractivity contribution in [1.29, 1.82) is 0 Å².